The van der Waals surface area contributed by atoms with Gasteiger partial charge in [0.2, 0.25) is 5.91 Å². The van der Waals surface area contributed by atoms with Crippen LogP contribution in [-0.2, 0) is 4.79 Å². The van der Waals surface area contributed by atoms with Crippen LogP contribution in [0.4, 0.5) is 0 Å². The molecule has 1 saturated carbocycles. The number of nitrogens with one attached hydrogen (secondary N) is 1. The normalized spacial score (nSPS) is 35.7. The van der Waals surface area contributed by atoms with Crippen molar-refractivity contribution in [1.82, 2.24) is 15.1 Å². The highest BCUT2D eigenvalue weighted by Crippen LogP contribution is 2.59. The van der Waals surface area contributed by atoms with Crippen LogP contribution in [0, 0.1) is 17.3 Å². The van der Waals surface area contributed by atoms with E-state index in [9.17, 15) is 4.79 Å². The Morgan fingerprint density at radius 1 is 1.38 bits per heavy atom. The molecule has 0 aromatic rings. The minimum absolute atomic E-state index is 0.320. The third-order valence-corrected chi connectivity index (χ3v) is 6.32. The molecule has 0 radical (unpaired) electrons. The summed E-state index contributed by atoms with van der Waals surface area (Å²) in [4.78, 5) is 17.5. The van der Waals surface area contributed by atoms with Crippen LogP contribution in [0.2, 0.25) is 0 Å². The minimum Gasteiger partial charge on any atom is -0.342 e. The molecule has 2 heterocycles. The molecule has 0 unspecified atom stereocenters. The molecule has 2 saturated heterocycles. The molecule has 4 nitrogen and oxygen atoms in total. The third-order valence-electron chi connectivity index (χ3n) is 6.32. The summed E-state index contributed by atoms with van der Waals surface area (Å²) in [5.74, 6) is 1.34. The number of rotatable bonds is 3. The minimum atomic E-state index is 0.320. The molecule has 4 heteroatoms. The van der Waals surface area contributed by atoms with Gasteiger partial charge in [-0.05, 0) is 56.7 Å². The highest BCUT2D eigenvalue weighted by molar-refractivity contribution is 5.82. The molecule has 2 aliphatic heterocycles. The van der Waals surface area contributed by atoms with E-state index in [1.807, 2.05) is 0 Å². The lowest BCUT2D eigenvalue weighted by atomic mass is 9.90. The van der Waals surface area contributed by atoms with Crippen molar-refractivity contribution in [2.75, 3.05) is 39.8 Å². The van der Waals surface area contributed by atoms with E-state index in [2.05, 4.69) is 36.0 Å². The Morgan fingerprint density at radius 3 is 2.71 bits per heavy atom. The number of piperidine rings is 2. The number of amides is 1. The molecule has 1 aliphatic carbocycles. The first-order valence-electron chi connectivity index (χ1n) is 8.77. The molecule has 3 fully saturated rings. The molecule has 3 aliphatic rings. The molecule has 1 amide bonds. The lowest BCUT2D eigenvalue weighted by Crippen LogP contribution is -2.51. The molecular formula is C17H31N3O. The van der Waals surface area contributed by atoms with Gasteiger partial charge in [-0.1, -0.05) is 13.8 Å². The van der Waals surface area contributed by atoms with Crippen molar-refractivity contribution in [3.8, 4) is 0 Å². The molecule has 3 rings (SSSR count). The molecule has 120 valence electrons. The van der Waals surface area contributed by atoms with Gasteiger partial charge in [-0.15, -0.1) is 0 Å². The van der Waals surface area contributed by atoms with E-state index in [0.717, 1.165) is 45.6 Å². The maximum Gasteiger partial charge on any atom is 0.226 e. The van der Waals surface area contributed by atoms with Crippen LogP contribution in [0.5, 0.6) is 0 Å². The standard InChI is InChI=1S/C17H31N3O/c1-4-20-10-5-15(13(2)12-20)19(3)16(21)14-11-17(14)6-8-18-9-7-17/h13-15,18H,4-12H2,1-3H3/t13-,14+,15+/m1/s1. The van der Waals surface area contributed by atoms with Crippen molar-refractivity contribution < 1.29 is 4.79 Å². The van der Waals surface area contributed by atoms with E-state index in [0.29, 0.717) is 29.2 Å². The maximum atomic E-state index is 12.9. The number of nitrogens with zero attached hydrogens (tertiary/aromatic N) is 2. The summed E-state index contributed by atoms with van der Waals surface area (Å²) in [7, 11) is 2.05. The van der Waals surface area contributed by atoms with Crippen LogP contribution in [0.3, 0.4) is 0 Å². The largest absolute Gasteiger partial charge is 0.342 e. The third kappa shape index (κ3) is 2.85. The Hall–Kier alpha value is -0.610. The first kappa shape index (κ1) is 15.3. The molecule has 21 heavy (non-hydrogen) atoms. The Morgan fingerprint density at radius 2 is 2.10 bits per heavy atom. The van der Waals surface area contributed by atoms with Gasteiger partial charge in [-0.25, -0.2) is 0 Å². The molecule has 0 bridgehead atoms. The highest BCUT2D eigenvalue weighted by Gasteiger charge is 2.58. The van der Waals surface area contributed by atoms with Crippen molar-refractivity contribution in [3.05, 3.63) is 0 Å². The first-order valence-corrected chi connectivity index (χ1v) is 8.77. The summed E-state index contributed by atoms with van der Waals surface area (Å²) >= 11 is 0. The highest BCUT2D eigenvalue weighted by atomic mass is 16.2. The lowest BCUT2D eigenvalue weighted by molar-refractivity contribution is -0.136. The van der Waals surface area contributed by atoms with E-state index in [4.69, 9.17) is 0 Å². The molecular weight excluding hydrogens is 262 g/mol. The van der Waals surface area contributed by atoms with Gasteiger partial charge in [0.25, 0.3) is 0 Å². The van der Waals surface area contributed by atoms with Gasteiger partial charge in [0.15, 0.2) is 0 Å². The molecule has 0 aromatic carbocycles. The van der Waals surface area contributed by atoms with Crippen molar-refractivity contribution in [2.45, 2.75) is 45.6 Å². The SMILES string of the molecule is CCN1CC[C@H](N(C)C(=O)[C@@H]2CC23CCNCC3)[C@H](C)C1. The van der Waals surface area contributed by atoms with Crippen molar-refractivity contribution in [2.24, 2.45) is 17.3 Å². The van der Waals surface area contributed by atoms with Crippen molar-refractivity contribution in [3.63, 3.8) is 0 Å². The van der Waals surface area contributed by atoms with E-state index >= 15 is 0 Å². The number of carbonyl (C=O) groups excluding carboxylic acids is 1. The predicted molar refractivity (Wildman–Crippen MR) is 85.1 cm³/mol. The average molecular weight is 293 g/mol. The number of likely N-dealkylation sites (tertiary alicyclic amines) is 1. The zero-order valence-electron chi connectivity index (χ0n) is 13.9. The second-order valence-corrected chi connectivity index (χ2v) is 7.54. The summed E-state index contributed by atoms with van der Waals surface area (Å²) in [5.41, 5.74) is 0.365. The van der Waals surface area contributed by atoms with Crippen molar-refractivity contribution in [1.29, 1.82) is 0 Å². The fourth-order valence-corrected chi connectivity index (χ4v) is 4.67. The molecule has 1 spiro atoms. The van der Waals surface area contributed by atoms with Crippen LogP contribution in [0.15, 0.2) is 0 Å². The lowest BCUT2D eigenvalue weighted by Gasteiger charge is -2.41. The van der Waals surface area contributed by atoms with Gasteiger partial charge in [-0.3, -0.25) is 4.79 Å². The van der Waals surface area contributed by atoms with Crippen LogP contribution in [0.1, 0.15) is 39.5 Å². The molecule has 1 N–H and O–H groups in total. The second kappa shape index (κ2) is 5.88. The quantitative estimate of drug-likeness (QED) is 0.858. The monoisotopic (exact) mass is 293 g/mol. The van der Waals surface area contributed by atoms with E-state index in [1.165, 1.54) is 12.8 Å². The van der Waals surface area contributed by atoms with E-state index in [1.54, 1.807) is 0 Å². The number of hydrogen-bond acceptors (Lipinski definition) is 3. The Labute approximate surface area is 129 Å². The number of hydrogen-bond donors (Lipinski definition) is 1. The van der Waals surface area contributed by atoms with Gasteiger partial charge in [-0.2, -0.15) is 0 Å². The Balaban J connectivity index is 1.58. The summed E-state index contributed by atoms with van der Waals surface area (Å²) in [6, 6.07) is 0.444. The second-order valence-electron chi connectivity index (χ2n) is 7.54. The average Bonchev–Trinajstić information content (AvgIpc) is 3.19. The topological polar surface area (TPSA) is 35.6 Å². The Kier molecular flexibility index (Phi) is 4.28. The van der Waals surface area contributed by atoms with Gasteiger partial charge in [0.1, 0.15) is 0 Å². The van der Waals surface area contributed by atoms with Gasteiger partial charge < -0.3 is 15.1 Å². The molecule has 0 aromatic heterocycles. The maximum absolute atomic E-state index is 12.9. The fraction of sp³-hybridized carbons (Fsp3) is 0.941. The Bertz CT molecular complexity index is 391. The fourth-order valence-electron chi connectivity index (χ4n) is 4.67. The summed E-state index contributed by atoms with van der Waals surface area (Å²) in [5, 5.41) is 3.42. The zero-order chi connectivity index (χ0) is 15.0. The van der Waals surface area contributed by atoms with Gasteiger partial charge >= 0.3 is 0 Å². The van der Waals surface area contributed by atoms with E-state index in [-0.39, 0.29) is 0 Å². The first-order chi connectivity index (χ1) is 10.1. The van der Waals surface area contributed by atoms with Crippen LogP contribution in [-0.4, -0.2) is 61.5 Å². The zero-order valence-corrected chi connectivity index (χ0v) is 13.9. The van der Waals surface area contributed by atoms with Gasteiger partial charge in [0.05, 0.1) is 0 Å². The van der Waals surface area contributed by atoms with Crippen molar-refractivity contribution >= 4 is 5.91 Å². The summed E-state index contributed by atoms with van der Waals surface area (Å²) in [6.07, 6.45) is 4.67. The number of carbonyl (C=O) groups is 1. The van der Waals surface area contributed by atoms with Crippen LogP contribution in [0.25, 0.3) is 0 Å². The smallest absolute Gasteiger partial charge is 0.226 e. The van der Waals surface area contributed by atoms with Crippen LogP contribution >= 0.6 is 0 Å². The van der Waals surface area contributed by atoms with E-state index < -0.39 is 0 Å². The van der Waals surface area contributed by atoms with Gasteiger partial charge in [0, 0.05) is 32.1 Å². The summed E-state index contributed by atoms with van der Waals surface area (Å²) in [6.45, 7) is 10.1. The molecule has 3 atom stereocenters. The van der Waals surface area contributed by atoms with Crippen LogP contribution < -0.4 is 5.32 Å². The summed E-state index contributed by atoms with van der Waals surface area (Å²) < 4.78 is 0. The predicted octanol–water partition coefficient (Wildman–Crippen LogP) is 1.56.